The molecule has 5 heteroatoms. The molecule has 1 unspecified atom stereocenters. The van der Waals surface area contributed by atoms with E-state index in [1.54, 1.807) is 0 Å². The zero-order valence-electron chi connectivity index (χ0n) is 9.34. The van der Waals surface area contributed by atoms with Crippen molar-refractivity contribution in [2.45, 2.75) is 32.1 Å². The third-order valence-corrected chi connectivity index (χ3v) is 2.58. The zero-order chi connectivity index (χ0) is 13.0. The van der Waals surface area contributed by atoms with Gasteiger partial charge in [-0.3, -0.25) is 4.79 Å². The summed E-state index contributed by atoms with van der Waals surface area (Å²) in [6.07, 6.45) is 1.53. The molecule has 0 fully saturated rings. The van der Waals surface area contributed by atoms with Crippen molar-refractivity contribution < 1.29 is 23.1 Å². The Hall–Kier alpha value is -1.52. The van der Waals surface area contributed by atoms with E-state index in [9.17, 15) is 18.0 Å². The van der Waals surface area contributed by atoms with Crippen LogP contribution in [0.2, 0.25) is 0 Å². The number of rotatable bonds is 5. The maximum Gasteiger partial charge on any atom is 0.311 e. The summed E-state index contributed by atoms with van der Waals surface area (Å²) in [5.41, 5.74) is -0.301. The maximum atomic E-state index is 13.4. The van der Waals surface area contributed by atoms with Crippen molar-refractivity contribution in [1.29, 1.82) is 0 Å². The first-order valence-electron chi connectivity index (χ1n) is 5.35. The van der Waals surface area contributed by atoms with E-state index < -0.39 is 29.3 Å². The number of unbranched alkanes of at least 4 members (excludes halogenated alkanes) is 1. The Morgan fingerprint density at radius 1 is 1.29 bits per heavy atom. The molecular formula is C12H13F3O2. The fraction of sp³-hybridized carbons (Fsp3) is 0.417. The fourth-order valence-corrected chi connectivity index (χ4v) is 1.63. The Balaban J connectivity index is 3.10. The van der Waals surface area contributed by atoms with Gasteiger partial charge in [0.1, 0.15) is 0 Å². The van der Waals surface area contributed by atoms with Crippen LogP contribution in [-0.4, -0.2) is 11.1 Å². The van der Waals surface area contributed by atoms with Gasteiger partial charge >= 0.3 is 5.97 Å². The molecule has 0 bridgehead atoms. The average molecular weight is 246 g/mol. The Kier molecular flexibility index (Phi) is 4.54. The molecule has 0 saturated carbocycles. The molecule has 0 heterocycles. The Morgan fingerprint density at radius 3 is 2.47 bits per heavy atom. The monoisotopic (exact) mass is 246 g/mol. The van der Waals surface area contributed by atoms with Crippen LogP contribution in [0.3, 0.4) is 0 Å². The summed E-state index contributed by atoms with van der Waals surface area (Å²) in [6, 6.07) is 1.73. The van der Waals surface area contributed by atoms with Gasteiger partial charge in [-0.1, -0.05) is 25.8 Å². The molecule has 0 aromatic heterocycles. The van der Waals surface area contributed by atoms with Gasteiger partial charge in [0.05, 0.1) is 5.92 Å². The third-order valence-electron chi connectivity index (χ3n) is 2.58. The van der Waals surface area contributed by atoms with E-state index >= 15 is 0 Å². The van der Waals surface area contributed by atoms with Gasteiger partial charge in [-0.2, -0.15) is 0 Å². The second-order valence-corrected chi connectivity index (χ2v) is 3.80. The number of halogens is 3. The summed E-state index contributed by atoms with van der Waals surface area (Å²) in [6.45, 7) is 1.86. The number of hydrogen-bond acceptors (Lipinski definition) is 1. The minimum Gasteiger partial charge on any atom is -0.481 e. The second-order valence-electron chi connectivity index (χ2n) is 3.80. The fourth-order valence-electron chi connectivity index (χ4n) is 1.63. The maximum absolute atomic E-state index is 13.4. The average Bonchev–Trinajstić information content (AvgIpc) is 2.28. The first kappa shape index (κ1) is 13.5. The first-order valence-corrected chi connectivity index (χ1v) is 5.35. The largest absolute Gasteiger partial charge is 0.481 e. The predicted molar refractivity (Wildman–Crippen MR) is 56.2 cm³/mol. The smallest absolute Gasteiger partial charge is 0.311 e. The Morgan fingerprint density at radius 2 is 1.94 bits per heavy atom. The van der Waals surface area contributed by atoms with Crippen molar-refractivity contribution >= 4 is 5.97 Å². The van der Waals surface area contributed by atoms with Crippen molar-refractivity contribution in [2.75, 3.05) is 0 Å². The highest BCUT2D eigenvalue weighted by molar-refractivity contribution is 5.76. The number of carboxylic acids is 1. The molecule has 0 aliphatic rings. The quantitative estimate of drug-likeness (QED) is 0.808. The second kappa shape index (κ2) is 5.70. The van der Waals surface area contributed by atoms with Crippen LogP contribution in [0.15, 0.2) is 12.1 Å². The Labute approximate surface area is 97.1 Å². The highest BCUT2D eigenvalue weighted by Crippen LogP contribution is 2.27. The minimum absolute atomic E-state index is 0.202. The molecule has 0 amide bonds. The summed E-state index contributed by atoms with van der Waals surface area (Å²) in [7, 11) is 0. The summed E-state index contributed by atoms with van der Waals surface area (Å²) < 4.78 is 39.1. The predicted octanol–water partition coefficient (Wildman–Crippen LogP) is 3.46. The van der Waals surface area contributed by atoms with E-state index in [0.717, 1.165) is 18.6 Å². The highest BCUT2D eigenvalue weighted by atomic mass is 19.2. The van der Waals surface area contributed by atoms with Gasteiger partial charge in [-0.15, -0.1) is 0 Å². The van der Waals surface area contributed by atoms with E-state index in [-0.39, 0.29) is 12.0 Å². The molecule has 0 saturated heterocycles. The van der Waals surface area contributed by atoms with Gasteiger partial charge in [0.25, 0.3) is 0 Å². The van der Waals surface area contributed by atoms with E-state index in [0.29, 0.717) is 6.42 Å². The van der Waals surface area contributed by atoms with E-state index in [2.05, 4.69) is 0 Å². The molecule has 0 aliphatic heterocycles. The van der Waals surface area contributed by atoms with Crippen LogP contribution >= 0.6 is 0 Å². The topological polar surface area (TPSA) is 37.3 Å². The summed E-state index contributed by atoms with van der Waals surface area (Å²) in [5, 5.41) is 8.96. The number of carbonyl (C=O) groups is 1. The van der Waals surface area contributed by atoms with Crippen molar-refractivity contribution in [1.82, 2.24) is 0 Å². The lowest BCUT2D eigenvalue weighted by molar-refractivity contribution is -0.139. The minimum atomic E-state index is -1.62. The zero-order valence-corrected chi connectivity index (χ0v) is 9.34. The van der Waals surface area contributed by atoms with Gasteiger partial charge < -0.3 is 5.11 Å². The van der Waals surface area contributed by atoms with Crippen molar-refractivity contribution in [2.24, 2.45) is 0 Å². The summed E-state index contributed by atoms with van der Waals surface area (Å²) >= 11 is 0. The number of benzene rings is 1. The molecule has 1 aromatic carbocycles. The van der Waals surface area contributed by atoms with Gasteiger partial charge in [-0.25, -0.2) is 13.2 Å². The van der Waals surface area contributed by atoms with Crippen LogP contribution in [0.25, 0.3) is 0 Å². The van der Waals surface area contributed by atoms with Crippen molar-refractivity contribution in [3.8, 4) is 0 Å². The van der Waals surface area contributed by atoms with E-state index in [1.165, 1.54) is 0 Å². The van der Waals surface area contributed by atoms with Gasteiger partial charge in [0, 0.05) is 5.56 Å². The molecule has 0 radical (unpaired) electrons. The lowest BCUT2D eigenvalue weighted by atomic mass is 9.93. The molecule has 0 aliphatic carbocycles. The van der Waals surface area contributed by atoms with Gasteiger partial charge in [0.2, 0.25) is 0 Å². The first-order chi connectivity index (χ1) is 7.99. The summed E-state index contributed by atoms with van der Waals surface area (Å²) in [5.74, 6) is -6.71. The normalized spacial score (nSPS) is 12.5. The molecular weight excluding hydrogens is 233 g/mol. The Bertz CT molecular complexity index is 418. The number of hydrogen-bond donors (Lipinski definition) is 1. The molecule has 17 heavy (non-hydrogen) atoms. The lowest BCUT2D eigenvalue weighted by Crippen LogP contribution is -2.14. The third kappa shape index (κ3) is 2.99. The van der Waals surface area contributed by atoms with Gasteiger partial charge in [-0.05, 0) is 12.5 Å². The number of carboxylic acid groups (broad SMARTS) is 1. The molecule has 1 atom stereocenters. The van der Waals surface area contributed by atoms with Crippen LogP contribution in [0.5, 0.6) is 0 Å². The van der Waals surface area contributed by atoms with Crippen LogP contribution < -0.4 is 0 Å². The van der Waals surface area contributed by atoms with Crippen LogP contribution in [0, 0.1) is 17.5 Å². The van der Waals surface area contributed by atoms with Crippen LogP contribution in [0.4, 0.5) is 13.2 Å². The number of aliphatic carboxylic acids is 1. The van der Waals surface area contributed by atoms with E-state index in [1.807, 2.05) is 6.92 Å². The molecule has 2 nitrogen and oxygen atoms in total. The molecule has 1 aromatic rings. The molecule has 0 spiro atoms. The highest BCUT2D eigenvalue weighted by Gasteiger charge is 2.25. The van der Waals surface area contributed by atoms with Crippen molar-refractivity contribution in [3.05, 3.63) is 35.1 Å². The SMILES string of the molecule is CCCCC(C(=O)O)c1ccc(F)c(F)c1F. The molecule has 1 rings (SSSR count). The summed E-state index contributed by atoms with van der Waals surface area (Å²) in [4.78, 5) is 11.0. The molecule has 1 N–H and O–H groups in total. The van der Waals surface area contributed by atoms with Crippen molar-refractivity contribution in [3.63, 3.8) is 0 Å². The standard InChI is InChI=1S/C12H13F3O2/c1-2-3-4-8(12(16)17)7-5-6-9(13)11(15)10(7)14/h5-6,8H,2-4H2,1H3,(H,16,17). The lowest BCUT2D eigenvalue weighted by Gasteiger charge is -2.13. The van der Waals surface area contributed by atoms with Gasteiger partial charge in [0.15, 0.2) is 17.5 Å². The van der Waals surface area contributed by atoms with Crippen LogP contribution in [0.1, 0.15) is 37.7 Å². The van der Waals surface area contributed by atoms with E-state index in [4.69, 9.17) is 5.11 Å². The molecule has 94 valence electrons. The van der Waals surface area contributed by atoms with Crippen LogP contribution in [-0.2, 0) is 4.79 Å².